The number of benzene rings is 2. The van der Waals surface area contributed by atoms with Gasteiger partial charge in [-0.1, -0.05) is 17.3 Å². The number of thioether (sulfide) groups is 1. The summed E-state index contributed by atoms with van der Waals surface area (Å²) in [6.07, 6.45) is 2.01. The molecule has 0 saturated heterocycles. The molecule has 0 aliphatic heterocycles. The molecule has 0 bridgehead atoms. The van der Waals surface area contributed by atoms with E-state index < -0.39 is 0 Å². The Hall–Kier alpha value is -2.27. The fourth-order valence-electron chi connectivity index (χ4n) is 2.16. The predicted molar refractivity (Wildman–Crippen MR) is 83.5 cm³/mol. The lowest BCUT2D eigenvalue weighted by Crippen LogP contribution is -1.89. The van der Waals surface area contributed by atoms with Gasteiger partial charge >= 0.3 is 0 Å². The Morgan fingerprint density at radius 1 is 1.10 bits per heavy atom. The Labute approximate surface area is 126 Å². The van der Waals surface area contributed by atoms with E-state index in [9.17, 15) is 4.39 Å². The molecule has 5 heteroatoms. The molecule has 1 heterocycles. The van der Waals surface area contributed by atoms with Gasteiger partial charge < -0.3 is 10.3 Å². The van der Waals surface area contributed by atoms with E-state index in [1.807, 2.05) is 30.5 Å². The van der Waals surface area contributed by atoms with Crippen LogP contribution in [-0.4, -0.2) is 11.4 Å². The van der Waals surface area contributed by atoms with Crippen molar-refractivity contribution in [3.8, 4) is 22.5 Å². The molecule has 0 saturated carbocycles. The Morgan fingerprint density at radius 2 is 1.86 bits per heavy atom. The van der Waals surface area contributed by atoms with Gasteiger partial charge in [-0.2, -0.15) is 0 Å². The number of hydrogen-bond donors (Lipinski definition) is 1. The Balaban J connectivity index is 2.12. The van der Waals surface area contributed by atoms with Crippen LogP contribution in [0.4, 0.5) is 10.2 Å². The highest BCUT2D eigenvalue weighted by molar-refractivity contribution is 7.98. The molecule has 0 fully saturated rings. The number of nitrogens with two attached hydrogens (primary N) is 1. The van der Waals surface area contributed by atoms with Crippen LogP contribution in [0.25, 0.3) is 22.5 Å². The quantitative estimate of drug-likeness (QED) is 0.726. The van der Waals surface area contributed by atoms with Gasteiger partial charge in [0.1, 0.15) is 5.82 Å². The van der Waals surface area contributed by atoms with Gasteiger partial charge in [0, 0.05) is 10.5 Å². The summed E-state index contributed by atoms with van der Waals surface area (Å²) in [5, 5.41) is 3.82. The Bertz CT molecular complexity index is 768. The molecule has 0 aliphatic carbocycles. The van der Waals surface area contributed by atoms with Gasteiger partial charge in [0.25, 0.3) is 0 Å². The van der Waals surface area contributed by atoms with E-state index in [1.54, 1.807) is 23.9 Å². The summed E-state index contributed by atoms with van der Waals surface area (Å²) >= 11 is 1.66. The van der Waals surface area contributed by atoms with Crippen molar-refractivity contribution < 1.29 is 8.91 Å². The van der Waals surface area contributed by atoms with Crippen LogP contribution in [0.5, 0.6) is 0 Å². The summed E-state index contributed by atoms with van der Waals surface area (Å²) < 4.78 is 18.8. The van der Waals surface area contributed by atoms with E-state index in [1.165, 1.54) is 12.1 Å². The number of hydrogen-bond acceptors (Lipinski definition) is 4. The fourth-order valence-corrected chi connectivity index (χ4v) is 2.57. The second-order valence-corrected chi connectivity index (χ2v) is 5.39. The molecule has 0 amide bonds. The summed E-state index contributed by atoms with van der Waals surface area (Å²) in [4.78, 5) is 1.15. The molecule has 0 atom stereocenters. The van der Waals surface area contributed by atoms with Gasteiger partial charge in [-0.15, -0.1) is 11.8 Å². The summed E-state index contributed by atoms with van der Waals surface area (Å²) in [5.41, 5.74) is 8.01. The van der Waals surface area contributed by atoms with Crippen LogP contribution in [0.15, 0.2) is 57.9 Å². The minimum absolute atomic E-state index is 0.254. The van der Waals surface area contributed by atoms with Crippen molar-refractivity contribution in [1.82, 2.24) is 5.16 Å². The second kappa shape index (κ2) is 5.61. The summed E-state index contributed by atoms with van der Waals surface area (Å²) in [6.45, 7) is 0. The maximum Gasteiger partial charge on any atom is 0.176 e. The minimum atomic E-state index is -0.322. The van der Waals surface area contributed by atoms with Crippen molar-refractivity contribution in [2.24, 2.45) is 0 Å². The number of anilines is 1. The average Bonchev–Trinajstić information content (AvgIpc) is 2.89. The summed E-state index contributed by atoms with van der Waals surface area (Å²) in [7, 11) is 0. The molecule has 0 unspecified atom stereocenters. The van der Waals surface area contributed by atoms with Crippen molar-refractivity contribution in [1.29, 1.82) is 0 Å². The van der Waals surface area contributed by atoms with Crippen LogP contribution < -0.4 is 5.73 Å². The monoisotopic (exact) mass is 300 g/mol. The number of aromatic nitrogens is 1. The predicted octanol–water partition coefficient (Wildman–Crippen LogP) is 4.45. The largest absolute Gasteiger partial charge is 0.380 e. The molecule has 0 spiro atoms. The first-order valence-corrected chi connectivity index (χ1v) is 7.57. The topological polar surface area (TPSA) is 52.0 Å². The lowest BCUT2D eigenvalue weighted by atomic mass is 10.0. The molecule has 21 heavy (non-hydrogen) atoms. The van der Waals surface area contributed by atoms with E-state index in [0.29, 0.717) is 16.9 Å². The van der Waals surface area contributed by atoms with Crippen molar-refractivity contribution in [2.45, 2.75) is 4.90 Å². The second-order valence-electron chi connectivity index (χ2n) is 4.51. The SMILES string of the molecule is CSc1ccc(-c2onc(N)c2-c2cccc(F)c2)cc1. The average molecular weight is 300 g/mol. The zero-order chi connectivity index (χ0) is 14.8. The standard InChI is InChI=1S/C16H13FN2OS/c1-21-13-7-5-10(6-8-13)15-14(16(18)19-20-15)11-3-2-4-12(17)9-11/h2-9H,1H3,(H2,18,19). The van der Waals surface area contributed by atoms with Gasteiger partial charge in [-0.05, 0) is 48.2 Å². The summed E-state index contributed by atoms with van der Waals surface area (Å²) in [6, 6.07) is 14.1. The van der Waals surface area contributed by atoms with Crippen LogP contribution >= 0.6 is 11.8 Å². The third kappa shape index (κ3) is 2.64. The molecular weight excluding hydrogens is 287 g/mol. The first-order chi connectivity index (χ1) is 10.2. The zero-order valence-corrected chi connectivity index (χ0v) is 12.2. The third-order valence-electron chi connectivity index (χ3n) is 3.18. The van der Waals surface area contributed by atoms with Crippen LogP contribution in [0.2, 0.25) is 0 Å². The number of nitrogens with zero attached hydrogens (tertiary/aromatic N) is 1. The van der Waals surface area contributed by atoms with E-state index in [2.05, 4.69) is 5.16 Å². The number of halogens is 1. The number of nitrogen functional groups attached to an aromatic ring is 1. The van der Waals surface area contributed by atoms with Crippen molar-refractivity contribution in [3.63, 3.8) is 0 Å². The Morgan fingerprint density at radius 3 is 2.52 bits per heavy atom. The van der Waals surface area contributed by atoms with Crippen molar-refractivity contribution >= 4 is 17.6 Å². The van der Waals surface area contributed by atoms with Crippen LogP contribution in [0, 0.1) is 5.82 Å². The van der Waals surface area contributed by atoms with Gasteiger partial charge in [0.05, 0.1) is 5.56 Å². The highest BCUT2D eigenvalue weighted by atomic mass is 32.2. The molecule has 2 N–H and O–H groups in total. The van der Waals surface area contributed by atoms with E-state index in [4.69, 9.17) is 10.3 Å². The highest BCUT2D eigenvalue weighted by Gasteiger charge is 2.17. The zero-order valence-electron chi connectivity index (χ0n) is 11.3. The molecule has 2 aromatic carbocycles. The van der Waals surface area contributed by atoms with Crippen molar-refractivity contribution in [3.05, 3.63) is 54.3 Å². The maximum absolute atomic E-state index is 13.4. The fraction of sp³-hybridized carbons (Fsp3) is 0.0625. The molecule has 0 radical (unpaired) electrons. The lowest BCUT2D eigenvalue weighted by Gasteiger charge is -2.04. The molecule has 3 nitrogen and oxygen atoms in total. The Kier molecular flexibility index (Phi) is 3.66. The molecule has 0 aliphatic rings. The van der Waals surface area contributed by atoms with Gasteiger partial charge in [0.15, 0.2) is 11.6 Å². The van der Waals surface area contributed by atoms with Gasteiger partial charge in [-0.3, -0.25) is 0 Å². The highest BCUT2D eigenvalue weighted by Crippen LogP contribution is 2.37. The molecular formula is C16H13FN2OS. The normalized spacial score (nSPS) is 10.8. The van der Waals surface area contributed by atoms with Crippen LogP contribution in [0.1, 0.15) is 0 Å². The molecule has 106 valence electrons. The van der Waals surface area contributed by atoms with E-state index in [0.717, 1.165) is 10.5 Å². The van der Waals surface area contributed by atoms with E-state index in [-0.39, 0.29) is 11.6 Å². The summed E-state index contributed by atoms with van der Waals surface area (Å²) in [5.74, 6) is 0.479. The van der Waals surface area contributed by atoms with Gasteiger partial charge in [-0.25, -0.2) is 4.39 Å². The molecule has 1 aromatic heterocycles. The number of rotatable bonds is 3. The van der Waals surface area contributed by atoms with Crippen LogP contribution in [0.3, 0.4) is 0 Å². The molecule has 3 aromatic rings. The minimum Gasteiger partial charge on any atom is -0.380 e. The van der Waals surface area contributed by atoms with E-state index >= 15 is 0 Å². The van der Waals surface area contributed by atoms with Gasteiger partial charge in [0.2, 0.25) is 0 Å². The maximum atomic E-state index is 13.4. The van der Waals surface area contributed by atoms with Crippen molar-refractivity contribution in [2.75, 3.05) is 12.0 Å². The smallest absolute Gasteiger partial charge is 0.176 e. The lowest BCUT2D eigenvalue weighted by molar-refractivity contribution is 0.436. The first kappa shape index (κ1) is 13.7. The first-order valence-electron chi connectivity index (χ1n) is 6.34. The van der Waals surface area contributed by atoms with Crippen LogP contribution in [-0.2, 0) is 0 Å². The third-order valence-corrected chi connectivity index (χ3v) is 3.93. The molecule has 3 rings (SSSR count).